The second-order valence-electron chi connectivity index (χ2n) is 3.26. The van der Waals surface area contributed by atoms with Gasteiger partial charge in [-0.3, -0.25) is 0 Å². The minimum absolute atomic E-state index is 0.0673. The van der Waals surface area contributed by atoms with Crippen LogP contribution in [-0.4, -0.2) is 0 Å². The van der Waals surface area contributed by atoms with Gasteiger partial charge in [0.15, 0.2) is 0 Å². The van der Waals surface area contributed by atoms with E-state index in [1.807, 2.05) is 22.9 Å². The molecule has 0 radical (unpaired) electrons. The fourth-order valence-corrected chi connectivity index (χ4v) is 2.04. The highest BCUT2D eigenvalue weighted by molar-refractivity contribution is 7.07. The van der Waals surface area contributed by atoms with E-state index in [4.69, 9.17) is 5.26 Å². The van der Waals surface area contributed by atoms with Crippen LogP contribution in [0.2, 0.25) is 0 Å². The molecule has 0 fully saturated rings. The summed E-state index contributed by atoms with van der Waals surface area (Å²) in [5.74, 6) is -0.488. The van der Waals surface area contributed by atoms with Gasteiger partial charge in [-0.1, -0.05) is 6.07 Å². The molecule has 1 aromatic carbocycles. The van der Waals surface area contributed by atoms with Gasteiger partial charge in [0.25, 0.3) is 0 Å². The number of rotatable bonds is 3. The molecule has 16 heavy (non-hydrogen) atoms. The Balaban J connectivity index is 2.16. The maximum Gasteiger partial charge on any atom is 0.143 e. The van der Waals surface area contributed by atoms with E-state index in [1.165, 1.54) is 6.07 Å². The molecule has 0 amide bonds. The van der Waals surface area contributed by atoms with Crippen LogP contribution in [0.4, 0.5) is 10.1 Å². The van der Waals surface area contributed by atoms with Crippen molar-refractivity contribution in [2.75, 3.05) is 5.32 Å². The molecule has 0 unspecified atom stereocenters. The van der Waals surface area contributed by atoms with Crippen LogP contribution in [-0.2, 0) is 6.54 Å². The Morgan fingerprint density at radius 1 is 1.38 bits per heavy atom. The molecule has 1 N–H and O–H groups in total. The molecule has 0 aliphatic carbocycles. The number of halogens is 1. The van der Waals surface area contributed by atoms with Crippen LogP contribution in [0.1, 0.15) is 11.1 Å². The molecule has 2 aromatic rings. The molecular formula is C12H9FN2S. The van der Waals surface area contributed by atoms with Crippen LogP contribution in [0.5, 0.6) is 0 Å². The molecule has 1 heterocycles. The molecule has 0 spiro atoms. The van der Waals surface area contributed by atoms with Crippen molar-refractivity contribution >= 4 is 17.0 Å². The number of hydrogen-bond acceptors (Lipinski definition) is 3. The minimum Gasteiger partial charge on any atom is -0.380 e. The minimum atomic E-state index is -0.488. The van der Waals surface area contributed by atoms with Gasteiger partial charge in [0.1, 0.15) is 17.4 Å². The van der Waals surface area contributed by atoms with Gasteiger partial charge in [-0.15, -0.1) is 0 Å². The van der Waals surface area contributed by atoms with Crippen LogP contribution in [0.25, 0.3) is 0 Å². The van der Waals surface area contributed by atoms with Crippen LogP contribution < -0.4 is 5.32 Å². The van der Waals surface area contributed by atoms with Crippen LogP contribution in [0.3, 0.4) is 0 Å². The lowest BCUT2D eigenvalue weighted by Gasteiger charge is -2.07. The van der Waals surface area contributed by atoms with Crippen molar-refractivity contribution in [3.8, 4) is 6.07 Å². The van der Waals surface area contributed by atoms with E-state index >= 15 is 0 Å². The average Bonchev–Trinajstić information content (AvgIpc) is 2.79. The van der Waals surface area contributed by atoms with Crippen molar-refractivity contribution in [3.63, 3.8) is 0 Å². The molecule has 0 saturated heterocycles. The first-order valence-corrected chi connectivity index (χ1v) is 5.69. The van der Waals surface area contributed by atoms with Crippen molar-refractivity contribution in [1.29, 1.82) is 5.26 Å². The maximum absolute atomic E-state index is 13.3. The molecule has 1 aromatic heterocycles. The highest BCUT2D eigenvalue weighted by Gasteiger charge is 2.06. The topological polar surface area (TPSA) is 35.8 Å². The van der Waals surface area contributed by atoms with Crippen LogP contribution in [0, 0.1) is 17.1 Å². The van der Waals surface area contributed by atoms with E-state index in [-0.39, 0.29) is 5.56 Å². The normalized spacial score (nSPS) is 9.75. The Labute approximate surface area is 97.0 Å². The van der Waals surface area contributed by atoms with Crippen molar-refractivity contribution in [2.45, 2.75) is 6.54 Å². The number of nitriles is 1. The van der Waals surface area contributed by atoms with Crippen LogP contribution >= 0.6 is 11.3 Å². The van der Waals surface area contributed by atoms with Gasteiger partial charge in [-0.2, -0.15) is 16.6 Å². The zero-order valence-corrected chi connectivity index (χ0v) is 9.22. The zero-order valence-electron chi connectivity index (χ0n) is 8.40. The largest absolute Gasteiger partial charge is 0.380 e. The Bertz CT molecular complexity index is 514. The summed E-state index contributed by atoms with van der Waals surface area (Å²) >= 11 is 1.61. The first-order chi connectivity index (χ1) is 7.81. The summed E-state index contributed by atoms with van der Waals surface area (Å²) in [5, 5.41) is 15.9. The van der Waals surface area contributed by atoms with E-state index in [0.717, 1.165) is 5.56 Å². The van der Waals surface area contributed by atoms with Crippen molar-refractivity contribution < 1.29 is 4.39 Å². The van der Waals surface area contributed by atoms with Gasteiger partial charge in [0.05, 0.1) is 5.69 Å². The van der Waals surface area contributed by atoms with Crippen molar-refractivity contribution in [3.05, 3.63) is 52.0 Å². The fourth-order valence-electron chi connectivity index (χ4n) is 1.38. The van der Waals surface area contributed by atoms with Gasteiger partial charge in [0, 0.05) is 6.54 Å². The highest BCUT2D eigenvalue weighted by Crippen LogP contribution is 2.19. The van der Waals surface area contributed by atoms with Gasteiger partial charge in [-0.05, 0) is 34.5 Å². The third-order valence-electron chi connectivity index (χ3n) is 2.19. The predicted molar refractivity (Wildman–Crippen MR) is 62.8 cm³/mol. The lowest BCUT2D eigenvalue weighted by atomic mass is 10.2. The number of anilines is 1. The monoisotopic (exact) mass is 232 g/mol. The van der Waals surface area contributed by atoms with E-state index in [2.05, 4.69) is 5.32 Å². The molecule has 0 saturated carbocycles. The highest BCUT2D eigenvalue weighted by atomic mass is 32.1. The Morgan fingerprint density at radius 2 is 2.25 bits per heavy atom. The predicted octanol–water partition coefficient (Wildman–Crippen LogP) is 3.37. The smallest absolute Gasteiger partial charge is 0.143 e. The molecular weight excluding hydrogens is 223 g/mol. The summed E-state index contributed by atoms with van der Waals surface area (Å²) in [7, 11) is 0. The average molecular weight is 232 g/mol. The molecule has 0 atom stereocenters. The lowest BCUT2D eigenvalue weighted by Crippen LogP contribution is -2.01. The lowest BCUT2D eigenvalue weighted by molar-refractivity contribution is 0.624. The fraction of sp³-hybridized carbons (Fsp3) is 0.0833. The zero-order chi connectivity index (χ0) is 11.4. The molecule has 2 nitrogen and oxygen atoms in total. The third-order valence-corrected chi connectivity index (χ3v) is 2.92. The van der Waals surface area contributed by atoms with Gasteiger partial charge in [0.2, 0.25) is 0 Å². The Hall–Kier alpha value is -1.86. The summed E-state index contributed by atoms with van der Waals surface area (Å²) < 4.78 is 13.3. The van der Waals surface area contributed by atoms with E-state index < -0.39 is 5.82 Å². The number of benzene rings is 1. The molecule has 0 aliphatic heterocycles. The number of thiophene rings is 1. The van der Waals surface area contributed by atoms with Gasteiger partial charge < -0.3 is 5.32 Å². The summed E-state index contributed by atoms with van der Waals surface area (Å²) in [6.07, 6.45) is 0. The second-order valence-corrected chi connectivity index (χ2v) is 4.04. The van der Waals surface area contributed by atoms with E-state index in [1.54, 1.807) is 23.5 Å². The number of nitrogens with one attached hydrogen (secondary N) is 1. The third kappa shape index (κ3) is 2.20. The van der Waals surface area contributed by atoms with E-state index in [9.17, 15) is 4.39 Å². The first-order valence-electron chi connectivity index (χ1n) is 4.75. The molecule has 0 aliphatic rings. The van der Waals surface area contributed by atoms with E-state index in [0.29, 0.717) is 12.2 Å². The standard InChI is InChI=1S/C12H9FN2S/c13-11-2-1-3-12(10(11)6-14)15-7-9-4-5-16-8-9/h1-5,8,15H,7H2. The second kappa shape index (κ2) is 4.77. The molecule has 2 rings (SSSR count). The molecule has 80 valence electrons. The summed E-state index contributed by atoms with van der Waals surface area (Å²) in [6.45, 7) is 0.599. The maximum atomic E-state index is 13.3. The van der Waals surface area contributed by atoms with Gasteiger partial charge in [-0.25, -0.2) is 4.39 Å². The summed E-state index contributed by atoms with van der Waals surface area (Å²) in [5.41, 5.74) is 1.73. The van der Waals surface area contributed by atoms with Gasteiger partial charge >= 0.3 is 0 Å². The van der Waals surface area contributed by atoms with Crippen molar-refractivity contribution in [2.24, 2.45) is 0 Å². The first kappa shape index (κ1) is 10.7. The molecule has 4 heteroatoms. The SMILES string of the molecule is N#Cc1c(F)cccc1NCc1ccsc1. The summed E-state index contributed by atoms with van der Waals surface area (Å²) in [6, 6.07) is 8.43. The summed E-state index contributed by atoms with van der Waals surface area (Å²) in [4.78, 5) is 0. The van der Waals surface area contributed by atoms with Crippen molar-refractivity contribution in [1.82, 2.24) is 0 Å². The molecule has 0 bridgehead atoms. The Kier molecular flexibility index (Phi) is 3.18. The van der Waals surface area contributed by atoms with Crippen LogP contribution in [0.15, 0.2) is 35.0 Å². The number of nitrogens with zero attached hydrogens (tertiary/aromatic N) is 1. The number of hydrogen-bond donors (Lipinski definition) is 1. The quantitative estimate of drug-likeness (QED) is 0.880. The Morgan fingerprint density at radius 3 is 2.94 bits per heavy atom.